The van der Waals surface area contributed by atoms with Crippen LogP contribution in [0, 0.1) is 0 Å². The first-order valence-corrected chi connectivity index (χ1v) is 14.9. The highest BCUT2D eigenvalue weighted by molar-refractivity contribution is 9.10. The van der Waals surface area contributed by atoms with E-state index in [1.165, 1.54) is 11.3 Å². The summed E-state index contributed by atoms with van der Waals surface area (Å²) in [5.74, 6) is 1.43. The molecule has 0 N–H and O–H groups in total. The summed E-state index contributed by atoms with van der Waals surface area (Å²) in [7, 11) is 1.59. The van der Waals surface area contributed by atoms with Crippen molar-refractivity contribution in [3.05, 3.63) is 83.0 Å². The maximum Gasteiger partial charge on any atom is 0.338 e. The molecule has 0 unspecified atom stereocenters. The number of aromatic nitrogens is 1. The van der Waals surface area contributed by atoms with Crippen LogP contribution < -0.4 is 29.1 Å². The second-order valence-corrected chi connectivity index (χ2v) is 10.7. The van der Waals surface area contributed by atoms with Crippen molar-refractivity contribution in [3.8, 4) is 17.2 Å². The smallest absolute Gasteiger partial charge is 0.338 e. The van der Waals surface area contributed by atoms with Gasteiger partial charge in [0.25, 0.3) is 5.56 Å². The molecule has 1 atom stereocenters. The molecule has 40 heavy (non-hydrogen) atoms. The minimum absolute atomic E-state index is 0.213. The number of hydrogen-bond donors (Lipinski definition) is 0. The van der Waals surface area contributed by atoms with E-state index in [9.17, 15) is 9.59 Å². The topological polar surface area (TPSA) is 88.4 Å². The summed E-state index contributed by atoms with van der Waals surface area (Å²) in [6.07, 6.45) is 3.17. The number of hydrogen-bond acceptors (Lipinski definition) is 8. The molecule has 0 spiro atoms. The first-order chi connectivity index (χ1) is 19.4. The number of fused-ring (bicyclic) bond motifs is 1. The number of rotatable bonds is 11. The minimum Gasteiger partial charge on any atom is -0.496 e. The Hall–Kier alpha value is -3.37. The zero-order chi connectivity index (χ0) is 28.8. The Balaban J connectivity index is 1.95. The summed E-state index contributed by atoms with van der Waals surface area (Å²) >= 11 is 4.85. The fourth-order valence-electron chi connectivity index (χ4n) is 4.60. The SMILES string of the molecule is CCCC1=C(C(=O)OCC)[C@H](c2ccc(OC)c(Br)c2)n2c(s/c(=C\c3ccc(OCC)c(OCC)c3)c2=O)=N1. The van der Waals surface area contributed by atoms with Gasteiger partial charge in [0.05, 0.1) is 53.2 Å². The van der Waals surface area contributed by atoms with Crippen molar-refractivity contribution < 1.29 is 23.7 Å². The summed E-state index contributed by atoms with van der Waals surface area (Å²) in [6, 6.07) is 10.4. The maximum atomic E-state index is 14.0. The third-order valence-electron chi connectivity index (χ3n) is 6.25. The molecule has 4 rings (SSSR count). The van der Waals surface area contributed by atoms with Crippen LogP contribution >= 0.6 is 27.3 Å². The molecule has 0 bridgehead atoms. The van der Waals surface area contributed by atoms with Crippen LogP contribution in [0.2, 0.25) is 0 Å². The minimum atomic E-state index is -0.708. The van der Waals surface area contributed by atoms with Crippen molar-refractivity contribution in [2.45, 2.75) is 46.6 Å². The molecule has 10 heteroatoms. The maximum absolute atomic E-state index is 14.0. The third kappa shape index (κ3) is 6.02. The molecule has 2 heterocycles. The highest BCUT2D eigenvalue weighted by Gasteiger charge is 2.34. The monoisotopic (exact) mass is 628 g/mol. The van der Waals surface area contributed by atoms with Gasteiger partial charge < -0.3 is 18.9 Å². The predicted molar refractivity (Wildman–Crippen MR) is 159 cm³/mol. The zero-order valence-corrected chi connectivity index (χ0v) is 25.7. The second-order valence-electron chi connectivity index (χ2n) is 8.88. The zero-order valence-electron chi connectivity index (χ0n) is 23.3. The lowest BCUT2D eigenvalue weighted by Crippen LogP contribution is -2.40. The summed E-state index contributed by atoms with van der Waals surface area (Å²) in [6.45, 7) is 8.83. The molecular weight excluding hydrogens is 596 g/mol. The largest absolute Gasteiger partial charge is 0.496 e. The molecule has 0 radical (unpaired) electrons. The number of benzene rings is 2. The molecule has 1 aliphatic rings. The number of ether oxygens (including phenoxy) is 4. The van der Waals surface area contributed by atoms with E-state index in [0.29, 0.717) is 62.0 Å². The van der Waals surface area contributed by atoms with Crippen molar-refractivity contribution in [2.24, 2.45) is 4.99 Å². The lowest BCUT2D eigenvalue weighted by molar-refractivity contribution is -0.139. The summed E-state index contributed by atoms with van der Waals surface area (Å²) in [5.41, 5.74) is 2.29. The quantitative estimate of drug-likeness (QED) is 0.273. The molecule has 0 saturated carbocycles. The van der Waals surface area contributed by atoms with E-state index in [-0.39, 0.29) is 12.2 Å². The first-order valence-electron chi connectivity index (χ1n) is 13.3. The average molecular weight is 630 g/mol. The average Bonchev–Trinajstić information content (AvgIpc) is 3.24. The van der Waals surface area contributed by atoms with Gasteiger partial charge in [0.15, 0.2) is 16.3 Å². The fourth-order valence-corrected chi connectivity index (χ4v) is 6.18. The van der Waals surface area contributed by atoms with Crippen molar-refractivity contribution in [1.29, 1.82) is 0 Å². The van der Waals surface area contributed by atoms with Gasteiger partial charge in [-0.1, -0.05) is 36.8 Å². The normalized spacial score (nSPS) is 14.9. The van der Waals surface area contributed by atoms with Gasteiger partial charge in [-0.2, -0.15) is 0 Å². The van der Waals surface area contributed by atoms with Crippen LogP contribution in [0.15, 0.2) is 61.9 Å². The molecule has 0 fully saturated rings. The summed E-state index contributed by atoms with van der Waals surface area (Å²) in [4.78, 5) is 32.7. The van der Waals surface area contributed by atoms with Gasteiger partial charge in [-0.15, -0.1) is 0 Å². The molecule has 0 saturated heterocycles. The molecule has 0 aliphatic carbocycles. The summed E-state index contributed by atoms with van der Waals surface area (Å²) in [5, 5.41) is 0. The predicted octanol–water partition coefficient (Wildman–Crippen LogP) is 5.15. The van der Waals surface area contributed by atoms with E-state index in [4.69, 9.17) is 23.9 Å². The molecule has 2 aromatic carbocycles. The summed E-state index contributed by atoms with van der Waals surface area (Å²) < 4.78 is 25.1. The second kappa shape index (κ2) is 13.3. The lowest BCUT2D eigenvalue weighted by atomic mass is 9.94. The Morgan fingerprint density at radius 1 is 1.02 bits per heavy atom. The lowest BCUT2D eigenvalue weighted by Gasteiger charge is -2.26. The van der Waals surface area contributed by atoms with Crippen molar-refractivity contribution in [1.82, 2.24) is 4.57 Å². The molecular formula is C30H33BrN2O6S. The number of carbonyl (C=O) groups excluding carboxylic acids is 1. The van der Waals surface area contributed by atoms with Crippen LogP contribution in [0.25, 0.3) is 6.08 Å². The van der Waals surface area contributed by atoms with E-state index in [2.05, 4.69) is 15.9 Å². The van der Waals surface area contributed by atoms with Gasteiger partial charge in [-0.3, -0.25) is 9.36 Å². The van der Waals surface area contributed by atoms with E-state index >= 15 is 0 Å². The number of esters is 1. The number of halogens is 1. The third-order valence-corrected chi connectivity index (χ3v) is 7.85. The number of thiazole rings is 1. The van der Waals surface area contributed by atoms with Crippen LogP contribution in [0.1, 0.15) is 57.7 Å². The molecule has 212 valence electrons. The fraction of sp³-hybridized carbons (Fsp3) is 0.367. The number of allylic oxidation sites excluding steroid dienone is 1. The molecule has 8 nitrogen and oxygen atoms in total. The Morgan fingerprint density at radius 2 is 1.75 bits per heavy atom. The van der Waals surface area contributed by atoms with E-state index in [1.807, 2.05) is 63.2 Å². The molecule has 3 aromatic rings. The van der Waals surface area contributed by atoms with Gasteiger partial charge in [-0.05, 0) is 84.6 Å². The highest BCUT2D eigenvalue weighted by atomic mass is 79.9. The molecule has 1 aliphatic heterocycles. The number of carbonyl (C=O) groups is 1. The Bertz CT molecular complexity index is 1610. The van der Waals surface area contributed by atoms with Crippen molar-refractivity contribution in [2.75, 3.05) is 26.9 Å². The van der Waals surface area contributed by atoms with E-state index in [0.717, 1.165) is 17.5 Å². The van der Waals surface area contributed by atoms with Crippen molar-refractivity contribution in [3.63, 3.8) is 0 Å². The van der Waals surface area contributed by atoms with E-state index in [1.54, 1.807) is 18.6 Å². The molecule has 1 aromatic heterocycles. The number of methoxy groups -OCH3 is 1. The van der Waals surface area contributed by atoms with Gasteiger partial charge in [-0.25, -0.2) is 9.79 Å². The van der Waals surface area contributed by atoms with Gasteiger partial charge in [0, 0.05) is 0 Å². The Kier molecular flexibility index (Phi) is 9.86. The van der Waals surface area contributed by atoms with Crippen molar-refractivity contribution >= 4 is 39.3 Å². The van der Waals surface area contributed by atoms with Crippen LogP contribution in [0.4, 0.5) is 0 Å². The Labute approximate surface area is 245 Å². The van der Waals surface area contributed by atoms with E-state index < -0.39 is 12.0 Å². The molecule has 0 amide bonds. The first kappa shape index (κ1) is 29.6. The van der Waals surface area contributed by atoms with Crippen LogP contribution in [-0.2, 0) is 9.53 Å². The van der Waals surface area contributed by atoms with Crippen LogP contribution in [0.5, 0.6) is 17.2 Å². The Morgan fingerprint density at radius 3 is 2.40 bits per heavy atom. The standard InChI is InChI=1S/C30H33BrN2O6S/c1-6-10-21-26(29(35)39-9-4)27(19-12-14-22(36-5)20(31)17-19)33-28(34)25(40-30(33)32-21)16-18-11-13-23(37-7-2)24(15-18)38-8-3/h11-17,27H,6-10H2,1-5H3/b25-16-/t27-/m0/s1. The van der Waals surface area contributed by atoms with Gasteiger partial charge >= 0.3 is 5.97 Å². The van der Waals surface area contributed by atoms with Crippen LogP contribution in [-0.4, -0.2) is 37.5 Å². The van der Waals surface area contributed by atoms with Crippen LogP contribution in [0.3, 0.4) is 0 Å². The van der Waals surface area contributed by atoms with Gasteiger partial charge in [0.1, 0.15) is 5.75 Å². The number of nitrogens with zero attached hydrogens (tertiary/aromatic N) is 2. The highest BCUT2D eigenvalue weighted by Crippen LogP contribution is 2.36. The van der Waals surface area contributed by atoms with Gasteiger partial charge in [0.2, 0.25) is 0 Å².